The number of carbonyl (C=O) groups excluding carboxylic acids is 3. The number of rotatable bonds is 55. The number of ether oxygens (including phenoxy) is 3. The number of unbranched alkanes of at least 4 members (excludes halogenated alkanes) is 38. The number of esters is 3. The van der Waals surface area contributed by atoms with Crippen LogP contribution in [0.4, 0.5) is 0 Å². The van der Waals surface area contributed by atoms with Gasteiger partial charge in [-0.25, -0.2) is 0 Å². The summed E-state index contributed by atoms with van der Waals surface area (Å²) in [5.74, 6) is -0.868. The molecule has 0 spiro atoms. The van der Waals surface area contributed by atoms with E-state index in [1.54, 1.807) is 0 Å². The lowest BCUT2D eigenvalue weighted by Gasteiger charge is -2.18. The molecule has 0 radical (unpaired) electrons. The number of allylic oxidation sites excluding steroid dienone is 6. The highest BCUT2D eigenvalue weighted by Crippen LogP contribution is 2.17. The lowest BCUT2D eigenvalue weighted by Crippen LogP contribution is -2.30. The predicted molar refractivity (Wildman–Crippen MR) is 293 cm³/mol. The zero-order valence-corrected chi connectivity index (χ0v) is 45.6. The molecule has 398 valence electrons. The van der Waals surface area contributed by atoms with Crippen molar-refractivity contribution in [2.75, 3.05) is 13.2 Å². The van der Waals surface area contributed by atoms with Crippen molar-refractivity contribution in [3.63, 3.8) is 0 Å². The fourth-order valence-corrected chi connectivity index (χ4v) is 8.93. The van der Waals surface area contributed by atoms with Gasteiger partial charge in [0.2, 0.25) is 0 Å². The predicted octanol–water partition coefficient (Wildman–Crippen LogP) is 20.0. The maximum absolute atomic E-state index is 12.9. The fraction of sp³-hybridized carbons (Fsp3) is 0.855. The second kappa shape index (κ2) is 57.2. The van der Waals surface area contributed by atoms with Crippen molar-refractivity contribution in [2.45, 2.75) is 329 Å². The SMILES string of the molecule is CC/C=C\C/C=C\C/C=C\CCCCCCCC(=O)OCC(COC(=O)CCCCCCCCCCCCCCCCCCCCC)OC(=O)CCCCCCCCCCCCCCCCCC. The molecule has 0 aliphatic rings. The van der Waals surface area contributed by atoms with E-state index in [1.807, 2.05) is 0 Å². The Kier molecular flexibility index (Phi) is 55.2. The molecule has 0 N–H and O–H groups in total. The Morgan fingerprint density at radius 1 is 0.309 bits per heavy atom. The first-order valence-corrected chi connectivity index (χ1v) is 30.0. The second-order valence-electron chi connectivity index (χ2n) is 20.2. The third-order valence-electron chi connectivity index (χ3n) is 13.4. The van der Waals surface area contributed by atoms with Crippen molar-refractivity contribution in [1.29, 1.82) is 0 Å². The van der Waals surface area contributed by atoms with E-state index in [1.165, 1.54) is 186 Å². The molecule has 0 heterocycles. The zero-order valence-electron chi connectivity index (χ0n) is 45.6. The van der Waals surface area contributed by atoms with Crippen molar-refractivity contribution in [3.05, 3.63) is 36.5 Å². The van der Waals surface area contributed by atoms with Crippen LogP contribution < -0.4 is 0 Å². The minimum absolute atomic E-state index is 0.0724. The Balaban J connectivity index is 4.32. The van der Waals surface area contributed by atoms with Gasteiger partial charge < -0.3 is 14.2 Å². The molecule has 0 amide bonds. The van der Waals surface area contributed by atoms with E-state index in [4.69, 9.17) is 14.2 Å². The van der Waals surface area contributed by atoms with Crippen LogP contribution in [-0.4, -0.2) is 37.2 Å². The van der Waals surface area contributed by atoms with Crippen LogP contribution in [0.2, 0.25) is 0 Å². The molecule has 0 rings (SSSR count). The quantitative estimate of drug-likeness (QED) is 0.0262. The normalized spacial score (nSPS) is 12.2. The van der Waals surface area contributed by atoms with E-state index in [0.717, 1.165) is 96.3 Å². The molecule has 0 aromatic rings. The van der Waals surface area contributed by atoms with Crippen LogP contribution >= 0.6 is 0 Å². The van der Waals surface area contributed by atoms with Crippen LogP contribution in [0.5, 0.6) is 0 Å². The highest BCUT2D eigenvalue weighted by molar-refractivity contribution is 5.71. The van der Waals surface area contributed by atoms with Crippen molar-refractivity contribution in [1.82, 2.24) is 0 Å². The van der Waals surface area contributed by atoms with Crippen LogP contribution in [0.1, 0.15) is 323 Å². The maximum Gasteiger partial charge on any atom is 0.306 e. The van der Waals surface area contributed by atoms with E-state index in [9.17, 15) is 14.4 Å². The Labute approximate surface area is 423 Å². The average molecular weight is 956 g/mol. The largest absolute Gasteiger partial charge is 0.462 e. The molecule has 68 heavy (non-hydrogen) atoms. The monoisotopic (exact) mass is 955 g/mol. The highest BCUT2D eigenvalue weighted by atomic mass is 16.6. The van der Waals surface area contributed by atoms with Gasteiger partial charge in [0.05, 0.1) is 0 Å². The molecule has 6 nitrogen and oxygen atoms in total. The fourth-order valence-electron chi connectivity index (χ4n) is 8.93. The van der Waals surface area contributed by atoms with Gasteiger partial charge in [-0.3, -0.25) is 14.4 Å². The number of hydrogen-bond acceptors (Lipinski definition) is 6. The van der Waals surface area contributed by atoms with E-state index in [0.29, 0.717) is 19.3 Å². The Hall–Kier alpha value is -2.37. The van der Waals surface area contributed by atoms with Gasteiger partial charge in [0.15, 0.2) is 6.10 Å². The minimum atomic E-state index is -0.775. The van der Waals surface area contributed by atoms with Crippen LogP contribution in [-0.2, 0) is 28.6 Å². The van der Waals surface area contributed by atoms with Crippen LogP contribution in [0.15, 0.2) is 36.5 Å². The van der Waals surface area contributed by atoms with E-state index in [2.05, 4.69) is 57.2 Å². The molecular weight excluding hydrogens is 841 g/mol. The third kappa shape index (κ3) is 54.6. The first kappa shape index (κ1) is 65.6. The summed E-state index contributed by atoms with van der Waals surface area (Å²) in [4.78, 5) is 38.2. The average Bonchev–Trinajstić information content (AvgIpc) is 3.34. The topological polar surface area (TPSA) is 78.9 Å². The molecule has 0 saturated heterocycles. The zero-order chi connectivity index (χ0) is 49.3. The highest BCUT2D eigenvalue weighted by Gasteiger charge is 2.19. The molecule has 0 aliphatic carbocycles. The summed E-state index contributed by atoms with van der Waals surface area (Å²) in [5.41, 5.74) is 0. The summed E-state index contributed by atoms with van der Waals surface area (Å²) < 4.78 is 16.9. The molecule has 1 atom stereocenters. The first-order chi connectivity index (χ1) is 33.5. The van der Waals surface area contributed by atoms with Crippen LogP contribution in [0.3, 0.4) is 0 Å². The third-order valence-corrected chi connectivity index (χ3v) is 13.4. The van der Waals surface area contributed by atoms with Gasteiger partial charge in [0.1, 0.15) is 13.2 Å². The summed E-state index contributed by atoms with van der Waals surface area (Å²) >= 11 is 0. The maximum atomic E-state index is 12.9. The van der Waals surface area contributed by atoms with Crippen LogP contribution in [0.25, 0.3) is 0 Å². The molecule has 0 fully saturated rings. The Morgan fingerprint density at radius 2 is 0.574 bits per heavy atom. The van der Waals surface area contributed by atoms with Gasteiger partial charge in [0, 0.05) is 19.3 Å². The molecular formula is C62H114O6. The van der Waals surface area contributed by atoms with Gasteiger partial charge in [-0.2, -0.15) is 0 Å². The van der Waals surface area contributed by atoms with Gasteiger partial charge >= 0.3 is 17.9 Å². The van der Waals surface area contributed by atoms with E-state index in [-0.39, 0.29) is 31.1 Å². The molecule has 6 heteroatoms. The van der Waals surface area contributed by atoms with E-state index >= 15 is 0 Å². The smallest absolute Gasteiger partial charge is 0.306 e. The Bertz CT molecular complexity index is 1140. The second-order valence-corrected chi connectivity index (χ2v) is 20.2. The standard InChI is InChI=1S/C62H114O6/c1-4-7-10-13-16-19-22-25-28-30-31-32-35-37-40-43-46-49-52-55-61(64)67-58-59(57-66-60(63)54-51-48-45-42-39-36-33-27-24-21-18-15-12-9-6-3)68-62(65)56-53-50-47-44-41-38-34-29-26-23-20-17-14-11-8-5-2/h9,12,18,21,27,33,59H,4-8,10-11,13-17,19-20,22-26,28-32,34-58H2,1-3H3/b12-9-,21-18-,33-27-. The first-order valence-electron chi connectivity index (χ1n) is 30.0. The molecule has 0 bridgehead atoms. The summed E-state index contributed by atoms with van der Waals surface area (Å²) in [5, 5.41) is 0. The number of hydrogen-bond donors (Lipinski definition) is 0. The van der Waals surface area contributed by atoms with Crippen molar-refractivity contribution < 1.29 is 28.6 Å². The molecule has 0 aromatic heterocycles. The minimum Gasteiger partial charge on any atom is -0.462 e. The molecule has 0 aliphatic heterocycles. The summed E-state index contributed by atoms with van der Waals surface area (Å²) in [6.07, 6.45) is 68.5. The summed E-state index contributed by atoms with van der Waals surface area (Å²) in [6.45, 7) is 6.57. The van der Waals surface area contributed by atoms with Crippen molar-refractivity contribution in [3.8, 4) is 0 Å². The molecule has 1 unspecified atom stereocenters. The summed E-state index contributed by atoms with van der Waals surface area (Å²) in [7, 11) is 0. The van der Waals surface area contributed by atoms with E-state index < -0.39 is 6.10 Å². The van der Waals surface area contributed by atoms with Gasteiger partial charge in [0.25, 0.3) is 0 Å². The van der Waals surface area contributed by atoms with Crippen molar-refractivity contribution in [2.24, 2.45) is 0 Å². The van der Waals surface area contributed by atoms with Gasteiger partial charge in [-0.05, 0) is 51.4 Å². The molecule has 0 saturated carbocycles. The number of carbonyl (C=O) groups is 3. The summed E-state index contributed by atoms with van der Waals surface area (Å²) in [6, 6.07) is 0. The van der Waals surface area contributed by atoms with Gasteiger partial charge in [-0.1, -0.05) is 288 Å². The Morgan fingerprint density at radius 3 is 0.897 bits per heavy atom. The molecule has 0 aromatic carbocycles. The van der Waals surface area contributed by atoms with Crippen LogP contribution in [0, 0.1) is 0 Å². The lowest BCUT2D eigenvalue weighted by atomic mass is 10.0. The lowest BCUT2D eigenvalue weighted by molar-refractivity contribution is -0.167. The van der Waals surface area contributed by atoms with Crippen molar-refractivity contribution >= 4 is 17.9 Å². The van der Waals surface area contributed by atoms with Gasteiger partial charge in [-0.15, -0.1) is 0 Å².